The summed E-state index contributed by atoms with van der Waals surface area (Å²) in [5.41, 5.74) is 36.5. The van der Waals surface area contributed by atoms with Crippen molar-refractivity contribution in [3.05, 3.63) is 531 Å². The van der Waals surface area contributed by atoms with Gasteiger partial charge in [0.2, 0.25) is 0 Å². The van der Waals surface area contributed by atoms with Gasteiger partial charge in [-0.2, -0.15) is 0 Å². The Morgan fingerprint density at radius 2 is 0.460 bits per heavy atom. The van der Waals surface area contributed by atoms with E-state index in [4.69, 9.17) is 0 Å². The van der Waals surface area contributed by atoms with E-state index in [1.807, 2.05) is 214 Å². The second-order valence-corrected chi connectivity index (χ2v) is 41.2. The van der Waals surface area contributed by atoms with Gasteiger partial charge in [-0.05, 0) is 171 Å². The summed E-state index contributed by atoms with van der Waals surface area (Å²) in [5.74, 6) is 0.534. The number of rotatable bonds is 14. The average Bonchev–Trinajstić information content (AvgIpc) is 0.824. The fourth-order valence-electron chi connectivity index (χ4n) is 15.3. The molecule has 0 fully saturated rings. The van der Waals surface area contributed by atoms with Gasteiger partial charge in [-0.3, -0.25) is 0 Å². The van der Waals surface area contributed by atoms with Crippen molar-refractivity contribution in [1.29, 1.82) is 0 Å². The predicted molar refractivity (Wildman–Crippen MR) is 612 cm³/mol. The Hall–Kier alpha value is -13.6. The van der Waals surface area contributed by atoms with Gasteiger partial charge in [0.05, 0.1) is 0 Å². The van der Waals surface area contributed by atoms with E-state index >= 15 is 0 Å². The monoisotopic (exact) mass is 2670 g/mol. The quantitative estimate of drug-likeness (QED) is 0.0992. The molecule has 0 spiro atoms. The van der Waals surface area contributed by atoms with Crippen LogP contribution in [0.4, 0.5) is 0 Å². The smallest absolute Gasteiger partial charge is 0.0198 e. The maximum Gasteiger partial charge on any atom is 0.0198 e. The number of aryl methyl sites for hydroxylation is 2. The Labute approximate surface area is 948 Å². The van der Waals surface area contributed by atoms with Crippen LogP contribution < -0.4 is 0 Å². The molecule has 0 saturated carbocycles. The van der Waals surface area contributed by atoms with Crippen molar-refractivity contribution >= 4 is 0 Å². The van der Waals surface area contributed by atoms with E-state index < -0.39 is 0 Å². The van der Waals surface area contributed by atoms with Crippen LogP contribution in [-0.4, -0.2) is 39.9 Å². The van der Waals surface area contributed by atoms with Gasteiger partial charge in [0.1, 0.15) is 0 Å². The van der Waals surface area contributed by atoms with Crippen LogP contribution in [0.5, 0.6) is 0 Å². The number of nitrogens with zero attached hydrogens (tertiary/aromatic N) is 8. The van der Waals surface area contributed by atoms with Crippen molar-refractivity contribution in [1.82, 2.24) is 39.9 Å². The molecule has 12 heteroatoms. The molecule has 20 rings (SSSR count). The van der Waals surface area contributed by atoms with Crippen LogP contribution in [0.15, 0.2) is 438 Å². The van der Waals surface area contributed by atoms with E-state index in [0.717, 1.165) is 96.5 Å². The summed E-state index contributed by atoms with van der Waals surface area (Å²) in [6.07, 6.45) is 16.4. The number of benzene rings is 12. The van der Waals surface area contributed by atoms with Crippen LogP contribution in [0.2, 0.25) is 0 Å². The van der Waals surface area contributed by atoms with Crippen molar-refractivity contribution in [3.63, 3.8) is 0 Å². The van der Waals surface area contributed by atoms with Crippen LogP contribution in [0.1, 0.15) is 175 Å². The zero-order chi connectivity index (χ0) is 103. The molecule has 8 heterocycles. The van der Waals surface area contributed by atoms with Crippen LogP contribution in [0.25, 0.3) is 135 Å². The molecule has 0 atom stereocenters. The summed E-state index contributed by atoms with van der Waals surface area (Å²) in [7, 11) is 0. The molecule has 768 valence electrons. The maximum atomic E-state index is 4.62. The first-order valence-corrected chi connectivity index (χ1v) is 50.1. The van der Waals surface area contributed by atoms with E-state index in [-0.39, 0.29) is 107 Å². The molecule has 0 saturated heterocycles. The number of aromatic nitrogens is 8. The Bertz CT molecular complexity index is 7100. The Kier molecular flexibility index (Phi) is 46.8. The topological polar surface area (TPSA) is 103 Å². The van der Waals surface area contributed by atoms with Crippen LogP contribution in [-0.2, 0) is 114 Å². The molecule has 8 nitrogen and oxygen atoms in total. The first-order valence-electron chi connectivity index (χ1n) is 50.1. The fourth-order valence-corrected chi connectivity index (χ4v) is 15.3. The summed E-state index contributed by atoms with van der Waals surface area (Å²) < 4.78 is 0. The first kappa shape index (κ1) is 120. The van der Waals surface area contributed by atoms with Crippen LogP contribution in [0.3, 0.4) is 0 Å². The summed E-state index contributed by atoms with van der Waals surface area (Å²) in [6, 6.07) is 157. The predicted octanol–water partition coefficient (Wildman–Crippen LogP) is 35.5. The molecule has 0 aliphatic carbocycles. The van der Waals surface area contributed by atoms with Gasteiger partial charge in [-0.25, -0.2) is 0 Å². The zero-order valence-electron chi connectivity index (χ0n) is 89.3. The molecule has 150 heavy (non-hydrogen) atoms. The van der Waals surface area contributed by atoms with Crippen molar-refractivity contribution in [2.24, 2.45) is 0 Å². The van der Waals surface area contributed by atoms with E-state index in [1.54, 1.807) is 0 Å². The van der Waals surface area contributed by atoms with Gasteiger partial charge in [0.15, 0.2) is 0 Å². The van der Waals surface area contributed by atoms with E-state index in [1.165, 1.54) is 89.0 Å². The summed E-state index contributed by atoms with van der Waals surface area (Å²) >= 11 is 0. The molecule has 0 unspecified atom stereocenters. The standard InChI is InChI=1S/3C21H20N.C18H14N.2C15H16N.C14H14N.C13H12N.4Ir/c2*1-21(2,3)19-12-13-22-20(15-19)18-11-7-10-17(14-18)16-8-5-4-6-9-16;1-21(2,3)19-12-13-20(22-15-19)18-11-7-10-17(14-18)16-8-5-4-6-9-16;1-14-10-11-18(19-13-14)17-9-5-8-16(12-17)15-6-3-2-4-7-15;2*1-15(2,3)13-9-10-14(16-11-13)12-7-5-4-6-8-12;1-11(2)13-8-9-14(15-10-13)12-6-4-3-5-7-12;1-2-11-8-9-13(14-10-11)12-6-4-3-5-7-12;;;;/h3*4-10,12-15H,1-3H3;2-8,10-13H,1H3;2*4-7,9-11H,1-3H3;3-6,8-11H,1-2H3;3-6,8-10H,2H2,1H3;;;;/q8*-1;;;;. The SMILES string of the molecule is CC(C)(C)c1ccc(-c2[c-]ccc(-c3ccccc3)c2)nc1.CC(C)(C)c1ccc(-c2[c-]cccc2)nc1.CC(C)(C)c1ccc(-c2[c-]cccc2)nc1.CC(C)(C)c1ccnc(-c2[c-]ccc(-c3ccccc3)c2)c1.CC(C)(C)c1ccnc(-c2[c-]ccc(-c3ccccc3)c2)c1.CC(C)c1ccc(-c2[c-]cccc2)nc1.CCc1ccc(-c2[c-]cccc2)nc1.Cc1ccc(-c2[c-]ccc(-c3ccccc3)c2)nc1.[Ir].[Ir].[Ir].[Ir]. The molecule has 8 aromatic heterocycles. The average molecular weight is 2670 g/mol. The van der Waals surface area contributed by atoms with Gasteiger partial charge >= 0.3 is 0 Å². The van der Waals surface area contributed by atoms with Crippen molar-refractivity contribution in [3.8, 4) is 135 Å². The number of hydrogen-bond donors (Lipinski definition) is 0. The molecule has 0 N–H and O–H groups in total. The largest absolute Gasteiger partial charge is 0.305 e. The molecule has 20 aromatic rings. The van der Waals surface area contributed by atoms with E-state index in [9.17, 15) is 0 Å². The Morgan fingerprint density at radius 3 is 0.693 bits per heavy atom. The Morgan fingerprint density at radius 1 is 0.207 bits per heavy atom. The van der Waals surface area contributed by atoms with Gasteiger partial charge in [0, 0.05) is 130 Å². The summed E-state index contributed by atoms with van der Waals surface area (Å²) in [5, 5.41) is 0. The molecule has 0 aliphatic rings. The minimum Gasteiger partial charge on any atom is -0.305 e. The minimum absolute atomic E-state index is 0. The van der Waals surface area contributed by atoms with Gasteiger partial charge < -0.3 is 39.9 Å². The van der Waals surface area contributed by atoms with Crippen molar-refractivity contribution in [2.45, 2.75) is 171 Å². The summed E-state index contributed by atoms with van der Waals surface area (Å²) in [4.78, 5) is 35.9. The molecular weight excluding hydrogens is 2540 g/mol. The van der Waals surface area contributed by atoms with Gasteiger partial charge in [-0.1, -0.05) is 331 Å². The fraction of sp³-hybridized carbons (Fsp3) is 0.188. The molecular formula is C138H132Ir4N8-8. The molecule has 4 radical (unpaired) electrons. The van der Waals surface area contributed by atoms with Crippen molar-refractivity contribution < 1.29 is 80.4 Å². The number of hydrogen-bond acceptors (Lipinski definition) is 8. The molecule has 0 amide bonds. The normalized spacial score (nSPS) is 10.8. The van der Waals surface area contributed by atoms with E-state index in [0.29, 0.717) is 5.92 Å². The third-order valence-corrected chi connectivity index (χ3v) is 24.4. The second kappa shape index (κ2) is 58.6. The van der Waals surface area contributed by atoms with Crippen LogP contribution in [0, 0.1) is 55.5 Å². The third-order valence-electron chi connectivity index (χ3n) is 24.4. The molecule has 12 aromatic carbocycles. The van der Waals surface area contributed by atoms with Gasteiger partial charge in [0.25, 0.3) is 0 Å². The Balaban J connectivity index is 0.000000190. The molecule has 0 bridgehead atoms. The third kappa shape index (κ3) is 37.0. The zero-order valence-corrected chi connectivity index (χ0v) is 98.8. The maximum absolute atomic E-state index is 4.62. The second-order valence-electron chi connectivity index (χ2n) is 41.2. The number of pyridine rings is 8. The summed E-state index contributed by atoms with van der Waals surface area (Å²) in [6.45, 7) is 41.6. The van der Waals surface area contributed by atoms with Gasteiger partial charge in [-0.15, -0.1) is 285 Å². The van der Waals surface area contributed by atoms with Crippen LogP contribution >= 0.6 is 0 Å². The first-order chi connectivity index (χ1) is 70.3. The molecule has 0 aliphatic heterocycles. The minimum atomic E-state index is 0. The van der Waals surface area contributed by atoms with E-state index in [2.05, 4.69) is 444 Å². The van der Waals surface area contributed by atoms with Crippen molar-refractivity contribution in [2.75, 3.05) is 0 Å².